The maximum absolute atomic E-state index is 12.3. The lowest BCUT2D eigenvalue weighted by Crippen LogP contribution is -2.21. The quantitative estimate of drug-likeness (QED) is 0.268. The van der Waals surface area contributed by atoms with Gasteiger partial charge in [0.2, 0.25) is 0 Å². The SMILES string of the molecule is Cc1ccc(C(=O)N/N=C/c2cc(Br)cc(Br)c2OCC(=O)Nc2ccccc2Cl)cc1. The van der Waals surface area contributed by atoms with Gasteiger partial charge in [0.25, 0.3) is 11.8 Å². The zero-order chi connectivity index (χ0) is 23.1. The summed E-state index contributed by atoms with van der Waals surface area (Å²) >= 11 is 12.9. The highest BCUT2D eigenvalue weighted by Crippen LogP contribution is 2.32. The molecule has 9 heteroatoms. The van der Waals surface area contributed by atoms with Crippen molar-refractivity contribution >= 4 is 67.2 Å². The highest BCUT2D eigenvalue weighted by atomic mass is 79.9. The minimum absolute atomic E-state index is 0.248. The molecule has 0 aliphatic carbocycles. The number of carbonyl (C=O) groups is 2. The highest BCUT2D eigenvalue weighted by Gasteiger charge is 2.13. The molecular weight excluding hydrogens is 562 g/mol. The van der Waals surface area contributed by atoms with Crippen LogP contribution in [0.3, 0.4) is 0 Å². The van der Waals surface area contributed by atoms with Gasteiger partial charge in [-0.15, -0.1) is 0 Å². The van der Waals surface area contributed by atoms with E-state index >= 15 is 0 Å². The van der Waals surface area contributed by atoms with Crippen LogP contribution >= 0.6 is 43.5 Å². The van der Waals surface area contributed by atoms with Crippen LogP contribution in [0.15, 0.2) is 74.7 Å². The van der Waals surface area contributed by atoms with Crippen molar-refractivity contribution in [2.24, 2.45) is 5.10 Å². The number of hydrazone groups is 1. The first kappa shape index (κ1) is 24.0. The van der Waals surface area contributed by atoms with Gasteiger partial charge in [-0.2, -0.15) is 5.10 Å². The van der Waals surface area contributed by atoms with Crippen LogP contribution in [0.5, 0.6) is 5.75 Å². The Labute approximate surface area is 207 Å². The minimum atomic E-state index is -0.372. The fourth-order valence-electron chi connectivity index (χ4n) is 2.64. The van der Waals surface area contributed by atoms with Crippen molar-refractivity contribution in [3.05, 3.63) is 91.3 Å². The monoisotopic (exact) mass is 577 g/mol. The molecule has 0 aromatic heterocycles. The maximum Gasteiger partial charge on any atom is 0.271 e. The van der Waals surface area contributed by atoms with Crippen molar-refractivity contribution in [2.75, 3.05) is 11.9 Å². The second-order valence-electron chi connectivity index (χ2n) is 6.69. The van der Waals surface area contributed by atoms with E-state index in [-0.39, 0.29) is 18.4 Å². The number of nitrogens with zero attached hydrogens (tertiary/aromatic N) is 1. The van der Waals surface area contributed by atoms with Crippen molar-refractivity contribution in [3.63, 3.8) is 0 Å². The summed E-state index contributed by atoms with van der Waals surface area (Å²) in [5, 5.41) is 7.16. The molecule has 0 saturated carbocycles. The molecule has 2 N–H and O–H groups in total. The predicted octanol–water partition coefficient (Wildman–Crippen LogP) is 5.95. The molecule has 0 bridgehead atoms. The van der Waals surface area contributed by atoms with Crippen molar-refractivity contribution in [1.82, 2.24) is 5.43 Å². The molecule has 3 aromatic carbocycles. The topological polar surface area (TPSA) is 79.8 Å². The second-order valence-corrected chi connectivity index (χ2v) is 8.87. The predicted molar refractivity (Wildman–Crippen MR) is 134 cm³/mol. The number of aryl methyl sites for hydroxylation is 1. The summed E-state index contributed by atoms with van der Waals surface area (Å²) in [5.41, 5.74) is 5.10. The molecule has 164 valence electrons. The molecule has 0 aliphatic heterocycles. The molecule has 0 saturated heterocycles. The van der Waals surface area contributed by atoms with Gasteiger partial charge in [-0.1, -0.05) is 57.4 Å². The summed E-state index contributed by atoms with van der Waals surface area (Å²) in [7, 11) is 0. The van der Waals surface area contributed by atoms with Gasteiger partial charge in [0.1, 0.15) is 5.75 Å². The van der Waals surface area contributed by atoms with Crippen LogP contribution in [-0.2, 0) is 4.79 Å². The van der Waals surface area contributed by atoms with Crippen molar-refractivity contribution in [3.8, 4) is 5.75 Å². The van der Waals surface area contributed by atoms with Gasteiger partial charge in [0, 0.05) is 15.6 Å². The molecule has 0 fully saturated rings. The molecule has 32 heavy (non-hydrogen) atoms. The van der Waals surface area contributed by atoms with Crippen LogP contribution in [0.1, 0.15) is 21.5 Å². The molecule has 6 nitrogen and oxygen atoms in total. The highest BCUT2D eigenvalue weighted by molar-refractivity contribution is 9.11. The van der Waals surface area contributed by atoms with E-state index in [0.29, 0.717) is 32.1 Å². The van der Waals surface area contributed by atoms with Gasteiger partial charge in [0.15, 0.2) is 6.61 Å². The smallest absolute Gasteiger partial charge is 0.271 e. The van der Waals surface area contributed by atoms with Gasteiger partial charge >= 0.3 is 0 Å². The number of ether oxygens (including phenoxy) is 1. The number of amides is 2. The number of para-hydroxylation sites is 1. The van der Waals surface area contributed by atoms with Gasteiger partial charge in [-0.3, -0.25) is 9.59 Å². The molecule has 0 unspecified atom stereocenters. The number of benzene rings is 3. The largest absolute Gasteiger partial charge is 0.482 e. The summed E-state index contributed by atoms with van der Waals surface area (Å²) in [6.07, 6.45) is 1.45. The Morgan fingerprint density at radius 1 is 1.09 bits per heavy atom. The van der Waals surface area contributed by atoms with E-state index in [1.165, 1.54) is 6.21 Å². The van der Waals surface area contributed by atoms with E-state index in [1.54, 1.807) is 48.5 Å². The number of rotatable bonds is 7. The third-order valence-corrected chi connectivity index (χ3v) is 5.59. The van der Waals surface area contributed by atoms with Crippen molar-refractivity contribution < 1.29 is 14.3 Å². The Hall–Kier alpha value is -2.68. The average molecular weight is 580 g/mol. The van der Waals surface area contributed by atoms with Gasteiger partial charge in [-0.05, 0) is 59.3 Å². The van der Waals surface area contributed by atoms with Crippen LogP contribution < -0.4 is 15.5 Å². The molecule has 2 amide bonds. The fraction of sp³-hybridized carbons (Fsp3) is 0.0870. The van der Waals surface area contributed by atoms with E-state index in [2.05, 4.69) is 47.7 Å². The maximum atomic E-state index is 12.3. The molecule has 0 heterocycles. The Balaban J connectivity index is 1.68. The lowest BCUT2D eigenvalue weighted by atomic mass is 10.1. The fourth-order valence-corrected chi connectivity index (χ4v) is 4.20. The Kier molecular flexibility index (Phi) is 8.44. The van der Waals surface area contributed by atoms with E-state index < -0.39 is 0 Å². The first-order valence-electron chi connectivity index (χ1n) is 9.40. The van der Waals surface area contributed by atoms with Crippen LogP contribution in [0.4, 0.5) is 5.69 Å². The van der Waals surface area contributed by atoms with Gasteiger partial charge < -0.3 is 10.1 Å². The molecule has 0 aliphatic rings. The molecule has 0 atom stereocenters. The van der Waals surface area contributed by atoms with Gasteiger partial charge in [0.05, 0.1) is 21.4 Å². The van der Waals surface area contributed by atoms with Crippen LogP contribution in [0.25, 0.3) is 0 Å². The summed E-state index contributed by atoms with van der Waals surface area (Å²) in [4.78, 5) is 24.5. The van der Waals surface area contributed by atoms with Crippen LogP contribution in [0, 0.1) is 6.92 Å². The Morgan fingerprint density at radius 2 is 1.81 bits per heavy atom. The van der Waals surface area contributed by atoms with E-state index in [0.717, 1.165) is 10.0 Å². The van der Waals surface area contributed by atoms with Crippen LogP contribution in [-0.4, -0.2) is 24.6 Å². The second kappa shape index (κ2) is 11.3. The third kappa shape index (κ3) is 6.66. The number of nitrogens with one attached hydrogen (secondary N) is 2. The Bertz CT molecular complexity index is 1170. The minimum Gasteiger partial charge on any atom is -0.482 e. The molecule has 0 spiro atoms. The standard InChI is InChI=1S/C23H18Br2ClN3O3/c1-14-6-8-15(9-7-14)23(31)29-27-12-16-10-17(24)11-18(25)22(16)32-13-21(30)28-20-5-3-2-4-19(20)26/h2-12H,13H2,1H3,(H,28,30)(H,29,31)/b27-12+. The first-order chi connectivity index (χ1) is 15.3. The van der Waals surface area contributed by atoms with E-state index in [4.69, 9.17) is 16.3 Å². The number of halogens is 3. The number of hydrogen-bond acceptors (Lipinski definition) is 4. The lowest BCUT2D eigenvalue weighted by Gasteiger charge is -2.12. The summed E-state index contributed by atoms with van der Waals surface area (Å²) in [6.45, 7) is 1.70. The molecule has 0 radical (unpaired) electrons. The van der Waals surface area contributed by atoms with Gasteiger partial charge in [-0.25, -0.2) is 5.43 Å². The average Bonchev–Trinajstić information content (AvgIpc) is 2.75. The molecule has 3 rings (SSSR count). The summed E-state index contributed by atoms with van der Waals surface area (Å²) in [5.74, 6) is -0.309. The molecular formula is C23H18Br2ClN3O3. The van der Waals surface area contributed by atoms with Crippen molar-refractivity contribution in [1.29, 1.82) is 0 Å². The normalized spacial score (nSPS) is 10.8. The van der Waals surface area contributed by atoms with Crippen molar-refractivity contribution in [2.45, 2.75) is 6.92 Å². The third-order valence-electron chi connectivity index (χ3n) is 4.22. The lowest BCUT2D eigenvalue weighted by molar-refractivity contribution is -0.118. The zero-order valence-corrected chi connectivity index (χ0v) is 20.8. The van der Waals surface area contributed by atoms with E-state index in [1.807, 2.05) is 19.1 Å². The number of hydrogen-bond donors (Lipinski definition) is 2. The number of carbonyl (C=O) groups excluding carboxylic acids is 2. The zero-order valence-electron chi connectivity index (χ0n) is 16.9. The van der Waals surface area contributed by atoms with Crippen LogP contribution in [0.2, 0.25) is 5.02 Å². The molecule has 3 aromatic rings. The number of anilines is 1. The summed E-state index contributed by atoms with van der Waals surface area (Å²) < 4.78 is 7.11. The summed E-state index contributed by atoms with van der Waals surface area (Å²) in [6, 6.07) is 17.6. The van der Waals surface area contributed by atoms with E-state index in [9.17, 15) is 9.59 Å². The first-order valence-corrected chi connectivity index (χ1v) is 11.4. The Morgan fingerprint density at radius 3 is 2.53 bits per heavy atom.